The zero-order valence-corrected chi connectivity index (χ0v) is 14.3. The summed E-state index contributed by atoms with van der Waals surface area (Å²) >= 11 is 0. The highest BCUT2D eigenvalue weighted by molar-refractivity contribution is 5.98. The molecule has 0 radical (unpaired) electrons. The van der Waals surface area contributed by atoms with E-state index < -0.39 is 18.0 Å². The fraction of sp³-hybridized carbons (Fsp3) is 0.250. The molecule has 1 saturated heterocycles. The summed E-state index contributed by atoms with van der Waals surface area (Å²) in [6, 6.07) is 16.3. The fourth-order valence-electron chi connectivity index (χ4n) is 2.91. The van der Waals surface area contributed by atoms with Crippen molar-refractivity contribution in [2.45, 2.75) is 24.9 Å². The lowest BCUT2D eigenvalue weighted by molar-refractivity contribution is -0.131. The van der Waals surface area contributed by atoms with Gasteiger partial charge in [-0.05, 0) is 30.5 Å². The van der Waals surface area contributed by atoms with E-state index >= 15 is 0 Å². The molecular formula is C20H21N3O3. The molecule has 6 heteroatoms. The van der Waals surface area contributed by atoms with Gasteiger partial charge in [-0.3, -0.25) is 14.4 Å². The third kappa shape index (κ3) is 4.27. The number of carbonyl (C=O) groups excluding carboxylic acids is 3. The second-order valence-electron chi connectivity index (χ2n) is 6.18. The van der Waals surface area contributed by atoms with Crippen molar-refractivity contribution in [2.75, 3.05) is 6.54 Å². The van der Waals surface area contributed by atoms with Gasteiger partial charge in [0.1, 0.15) is 12.1 Å². The van der Waals surface area contributed by atoms with Gasteiger partial charge >= 0.3 is 0 Å². The lowest BCUT2D eigenvalue weighted by Crippen LogP contribution is -2.53. The van der Waals surface area contributed by atoms with Gasteiger partial charge in [-0.25, -0.2) is 0 Å². The van der Waals surface area contributed by atoms with Crippen molar-refractivity contribution in [3.63, 3.8) is 0 Å². The van der Waals surface area contributed by atoms with Crippen LogP contribution in [0.25, 0.3) is 0 Å². The molecule has 0 spiro atoms. The number of nitrogens with one attached hydrogen (secondary N) is 3. The average Bonchev–Trinajstić information content (AvgIpc) is 2.69. The Morgan fingerprint density at radius 1 is 1.00 bits per heavy atom. The molecule has 1 aliphatic heterocycles. The predicted molar refractivity (Wildman–Crippen MR) is 97.3 cm³/mol. The minimum absolute atomic E-state index is 0.189. The second-order valence-corrected chi connectivity index (χ2v) is 6.18. The van der Waals surface area contributed by atoms with Crippen LogP contribution in [0, 0.1) is 0 Å². The quantitative estimate of drug-likeness (QED) is 0.764. The lowest BCUT2D eigenvalue weighted by Gasteiger charge is -2.26. The number of hydrogen-bond acceptors (Lipinski definition) is 3. The summed E-state index contributed by atoms with van der Waals surface area (Å²) < 4.78 is 0. The Morgan fingerprint density at radius 3 is 2.31 bits per heavy atom. The monoisotopic (exact) mass is 351 g/mol. The molecule has 2 unspecified atom stereocenters. The maximum absolute atomic E-state index is 12.8. The van der Waals surface area contributed by atoms with E-state index in [-0.39, 0.29) is 11.8 Å². The Morgan fingerprint density at radius 2 is 1.65 bits per heavy atom. The van der Waals surface area contributed by atoms with Crippen LogP contribution < -0.4 is 16.0 Å². The van der Waals surface area contributed by atoms with E-state index in [4.69, 9.17) is 0 Å². The van der Waals surface area contributed by atoms with Gasteiger partial charge in [0.25, 0.3) is 5.91 Å². The summed E-state index contributed by atoms with van der Waals surface area (Å²) in [4.78, 5) is 37.3. The van der Waals surface area contributed by atoms with Gasteiger partial charge in [-0.2, -0.15) is 0 Å². The van der Waals surface area contributed by atoms with Crippen LogP contribution in [0.1, 0.15) is 34.8 Å². The summed E-state index contributed by atoms with van der Waals surface area (Å²) in [6.45, 7) is 0.623. The Kier molecular flexibility index (Phi) is 5.63. The molecule has 0 aromatic heterocycles. The number of benzene rings is 2. The molecule has 0 aliphatic carbocycles. The molecule has 3 rings (SSSR count). The normalized spacial score (nSPS) is 17.7. The second kappa shape index (κ2) is 8.29. The van der Waals surface area contributed by atoms with E-state index in [0.717, 1.165) is 6.42 Å². The van der Waals surface area contributed by atoms with Gasteiger partial charge in [0.15, 0.2) is 0 Å². The van der Waals surface area contributed by atoms with Crippen LogP contribution in [0.15, 0.2) is 60.7 Å². The molecule has 0 bridgehead atoms. The van der Waals surface area contributed by atoms with Gasteiger partial charge in [0, 0.05) is 12.1 Å². The van der Waals surface area contributed by atoms with Crippen LogP contribution in [0.3, 0.4) is 0 Å². The number of carbonyl (C=O) groups is 3. The average molecular weight is 351 g/mol. The first kappa shape index (κ1) is 17.7. The molecule has 1 fully saturated rings. The SMILES string of the molecule is O=C(NC(C(=O)NC1CCCNC1=O)c1ccccc1)c1ccccc1. The largest absolute Gasteiger partial charge is 0.354 e. The molecule has 1 aliphatic rings. The summed E-state index contributed by atoms with van der Waals surface area (Å²) in [7, 11) is 0. The van der Waals surface area contributed by atoms with Crippen molar-refractivity contribution in [2.24, 2.45) is 0 Å². The van der Waals surface area contributed by atoms with Crippen LogP contribution >= 0.6 is 0 Å². The summed E-state index contributed by atoms with van der Waals surface area (Å²) in [6.07, 6.45) is 1.40. The van der Waals surface area contributed by atoms with Crippen LogP contribution in [0.2, 0.25) is 0 Å². The van der Waals surface area contributed by atoms with Gasteiger partial charge in [-0.1, -0.05) is 48.5 Å². The van der Waals surface area contributed by atoms with E-state index in [1.165, 1.54) is 0 Å². The molecule has 3 N–H and O–H groups in total. The number of hydrogen-bond donors (Lipinski definition) is 3. The number of rotatable bonds is 5. The van der Waals surface area contributed by atoms with Gasteiger partial charge in [0.2, 0.25) is 11.8 Å². The summed E-state index contributed by atoms with van der Waals surface area (Å²) in [5, 5.41) is 8.27. The molecule has 6 nitrogen and oxygen atoms in total. The predicted octanol–water partition coefficient (Wildman–Crippen LogP) is 1.55. The lowest BCUT2D eigenvalue weighted by atomic mass is 10.0. The standard InChI is InChI=1S/C20H21N3O3/c24-18(15-10-5-2-6-11-15)23-17(14-8-3-1-4-9-14)20(26)22-16-12-7-13-21-19(16)25/h1-6,8-11,16-17H,7,12-13H2,(H,21,25)(H,22,26)(H,23,24). The first-order valence-corrected chi connectivity index (χ1v) is 8.64. The Balaban J connectivity index is 1.78. The fourth-order valence-corrected chi connectivity index (χ4v) is 2.91. The highest BCUT2D eigenvalue weighted by Crippen LogP contribution is 2.15. The third-order valence-corrected chi connectivity index (χ3v) is 4.31. The van der Waals surface area contributed by atoms with Crippen molar-refractivity contribution >= 4 is 17.7 Å². The van der Waals surface area contributed by atoms with Crippen LogP contribution in [0.4, 0.5) is 0 Å². The van der Waals surface area contributed by atoms with Crippen LogP contribution in [0.5, 0.6) is 0 Å². The number of piperidine rings is 1. The van der Waals surface area contributed by atoms with Crippen molar-refractivity contribution in [3.05, 3.63) is 71.8 Å². The Labute approximate surface area is 152 Å². The van der Waals surface area contributed by atoms with E-state index in [2.05, 4.69) is 16.0 Å². The smallest absolute Gasteiger partial charge is 0.252 e. The minimum atomic E-state index is -0.876. The number of amides is 3. The highest BCUT2D eigenvalue weighted by Gasteiger charge is 2.29. The molecule has 0 saturated carbocycles. The van der Waals surface area contributed by atoms with Gasteiger partial charge in [0.05, 0.1) is 0 Å². The van der Waals surface area contributed by atoms with Crippen molar-refractivity contribution in [1.82, 2.24) is 16.0 Å². The summed E-state index contributed by atoms with van der Waals surface area (Å²) in [5.74, 6) is -0.934. The van der Waals surface area contributed by atoms with Crippen molar-refractivity contribution in [1.29, 1.82) is 0 Å². The first-order valence-electron chi connectivity index (χ1n) is 8.64. The molecule has 134 valence electrons. The van der Waals surface area contributed by atoms with Crippen molar-refractivity contribution < 1.29 is 14.4 Å². The zero-order chi connectivity index (χ0) is 18.4. The maximum Gasteiger partial charge on any atom is 0.252 e. The molecule has 26 heavy (non-hydrogen) atoms. The zero-order valence-electron chi connectivity index (χ0n) is 14.3. The molecular weight excluding hydrogens is 330 g/mol. The Bertz CT molecular complexity index is 777. The Hall–Kier alpha value is -3.15. The molecule has 2 aromatic rings. The topological polar surface area (TPSA) is 87.3 Å². The van der Waals surface area contributed by atoms with Crippen molar-refractivity contribution in [3.8, 4) is 0 Å². The molecule has 2 aromatic carbocycles. The summed E-state index contributed by atoms with van der Waals surface area (Å²) in [5.41, 5.74) is 1.13. The molecule has 1 heterocycles. The van der Waals surface area contributed by atoms with Crippen LogP contribution in [-0.4, -0.2) is 30.3 Å². The maximum atomic E-state index is 12.8. The van der Waals surface area contributed by atoms with Gasteiger partial charge < -0.3 is 16.0 Å². The van der Waals surface area contributed by atoms with E-state index in [1.807, 2.05) is 12.1 Å². The van der Waals surface area contributed by atoms with Crippen LogP contribution in [-0.2, 0) is 9.59 Å². The highest BCUT2D eigenvalue weighted by atomic mass is 16.2. The van der Waals surface area contributed by atoms with E-state index in [9.17, 15) is 14.4 Å². The van der Waals surface area contributed by atoms with E-state index in [1.54, 1.807) is 48.5 Å². The van der Waals surface area contributed by atoms with Gasteiger partial charge in [-0.15, -0.1) is 0 Å². The first-order chi connectivity index (χ1) is 12.6. The van der Waals surface area contributed by atoms with E-state index in [0.29, 0.717) is 24.1 Å². The minimum Gasteiger partial charge on any atom is -0.354 e. The molecule has 2 atom stereocenters. The molecule has 3 amide bonds. The third-order valence-electron chi connectivity index (χ3n) is 4.31.